The molecule has 0 unspecified atom stereocenters. The number of primary sulfonamides is 1. The molecule has 2 heterocycles. The Morgan fingerprint density at radius 1 is 1.17 bits per heavy atom. The van der Waals surface area contributed by atoms with E-state index in [2.05, 4.69) is 20.7 Å². The molecule has 0 radical (unpaired) electrons. The first-order valence-corrected chi connectivity index (χ1v) is 11.3. The molecule has 0 atom stereocenters. The molecule has 0 spiro atoms. The van der Waals surface area contributed by atoms with Gasteiger partial charge >= 0.3 is 0 Å². The fourth-order valence-electron chi connectivity index (χ4n) is 3.80. The maximum absolute atomic E-state index is 12.3. The molecule has 1 aliphatic heterocycles. The van der Waals surface area contributed by atoms with Crippen LogP contribution in [0.25, 0.3) is 11.4 Å². The highest BCUT2D eigenvalue weighted by Crippen LogP contribution is 2.36. The zero-order valence-corrected chi connectivity index (χ0v) is 17.5. The van der Waals surface area contributed by atoms with Gasteiger partial charge in [-0.25, -0.2) is 13.6 Å². The summed E-state index contributed by atoms with van der Waals surface area (Å²) in [6, 6.07) is 12.7. The summed E-state index contributed by atoms with van der Waals surface area (Å²) in [6.45, 7) is 2.15. The number of sulfonamides is 1. The van der Waals surface area contributed by atoms with Crippen molar-refractivity contribution in [2.75, 3.05) is 20.2 Å². The Morgan fingerprint density at radius 3 is 2.57 bits per heavy atom. The molecule has 2 aromatic carbocycles. The summed E-state index contributed by atoms with van der Waals surface area (Å²) < 4.78 is 29.8. The Hall–Kier alpha value is -2.82. The molecule has 30 heavy (non-hydrogen) atoms. The number of ether oxygens (including phenoxy) is 1. The van der Waals surface area contributed by atoms with Gasteiger partial charge in [-0.05, 0) is 66.4 Å². The number of methoxy groups -OCH3 is 1. The predicted octanol–water partition coefficient (Wildman–Crippen LogP) is 1.51. The van der Waals surface area contributed by atoms with Gasteiger partial charge in [-0.1, -0.05) is 24.3 Å². The minimum Gasteiger partial charge on any atom is -0.497 e. The van der Waals surface area contributed by atoms with Gasteiger partial charge in [-0.3, -0.25) is 0 Å². The average molecular weight is 429 g/mol. The number of nitrogens with two attached hydrogens (primary N) is 1. The number of nitrogens with one attached hydrogen (secondary N) is 1. The summed E-state index contributed by atoms with van der Waals surface area (Å²) >= 11 is 0. The third-order valence-electron chi connectivity index (χ3n) is 5.30. The van der Waals surface area contributed by atoms with Crippen molar-refractivity contribution in [1.29, 1.82) is 0 Å². The standard InChI is InChI=1S/C20H24N6O3S/c1-29-16-7-5-14(6-8-16)13-26-24-20(23-25-26)19-17(15-9-11-22-12-10-15)3-2-4-18(19)30(21,27)28/h2-8,15,22H,9-13H2,1H3,(H2,21,27,28). The van der Waals surface area contributed by atoms with Crippen LogP contribution < -0.4 is 15.2 Å². The number of rotatable bonds is 6. The van der Waals surface area contributed by atoms with E-state index < -0.39 is 10.0 Å². The molecule has 158 valence electrons. The second-order valence-electron chi connectivity index (χ2n) is 7.28. The summed E-state index contributed by atoms with van der Waals surface area (Å²) in [6.07, 6.45) is 1.81. The van der Waals surface area contributed by atoms with Crippen molar-refractivity contribution >= 4 is 10.0 Å². The van der Waals surface area contributed by atoms with Crippen LogP contribution >= 0.6 is 0 Å². The smallest absolute Gasteiger partial charge is 0.238 e. The zero-order valence-electron chi connectivity index (χ0n) is 16.7. The van der Waals surface area contributed by atoms with Crippen molar-refractivity contribution in [2.45, 2.75) is 30.2 Å². The van der Waals surface area contributed by atoms with Crippen molar-refractivity contribution in [3.8, 4) is 17.1 Å². The van der Waals surface area contributed by atoms with Crippen molar-refractivity contribution < 1.29 is 13.2 Å². The van der Waals surface area contributed by atoms with Crippen LogP contribution in [0.3, 0.4) is 0 Å². The van der Waals surface area contributed by atoms with E-state index in [1.807, 2.05) is 30.3 Å². The summed E-state index contributed by atoms with van der Waals surface area (Å²) in [4.78, 5) is 1.48. The molecular weight excluding hydrogens is 404 g/mol. The third kappa shape index (κ3) is 4.35. The molecule has 1 aromatic heterocycles. The van der Waals surface area contributed by atoms with E-state index in [4.69, 9.17) is 9.88 Å². The average Bonchev–Trinajstić information content (AvgIpc) is 3.22. The van der Waals surface area contributed by atoms with Crippen molar-refractivity contribution in [1.82, 2.24) is 25.5 Å². The lowest BCUT2D eigenvalue weighted by Crippen LogP contribution is -2.27. The van der Waals surface area contributed by atoms with E-state index in [-0.39, 0.29) is 16.6 Å². The lowest BCUT2D eigenvalue weighted by molar-refractivity contribution is 0.414. The van der Waals surface area contributed by atoms with Crippen LogP contribution in [0.1, 0.15) is 29.9 Å². The highest BCUT2D eigenvalue weighted by molar-refractivity contribution is 7.89. The second-order valence-corrected chi connectivity index (χ2v) is 8.81. The molecule has 10 heteroatoms. The van der Waals surface area contributed by atoms with E-state index in [0.717, 1.165) is 42.8 Å². The topological polar surface area (TPSA) is 125 Å². The van der Waals surface area contributed by atoms with Crippen molar-refractivity contribution in [3.63, 3.8) is 0 Å². The van der Waals surface area contributed by atoms with E-state index in [9.17, 15) is 8.42 Å². The Morgan fingerprint density at radius 2 is 1.90 bits per heavy atom. The number of hydrogen-bond acceptors (Lipinski definition) is 7. The van der Waals surface area contributed by atoms with Gasteiger partial charge in [0, 0.05) is 5.56 Å². The molecule has 1 aliphatic rings. The summed E-state index contributed by atoms with van der Waals surface area (Å²) in [5.74, 6) is 1.23. The maximum Gasteiger partial charge on any atom is 0.238 e. The van der Waals surface area contributed by atoms with Gasteiger partial charge in [-0.2, -0.15) is 4.80 Å². The number of benzene rings is 2. The van der Waals surface area contributed by atoms with Gasteiger partial charge in [0.1, 0.15) is 5.75 Å². The molecule has 3 N–H and O–H groups in total. The lowest BCUT2D eigenvalue weighted by atomic mass is 9.87. The number of aromatic nitrogens is 4. The molecule has 0 aliphatic carbocycles. The summed E-state index contributed by atoms with van der Waals surface area (Å²) in [5, 5.41) is 21.6. The number of nitrogens with zero attached hydrogens (tertiary/aromatic N) is 4. The van der Waals surface area contributed by atoms with Crippen LogP contribution in [0.2, 0.25) is 0 Å². The first-order chi connectivity index (χ1) is 14.5. The Bertz CT molecular complexity index is 1120. The van der Waals surface area contributed by atoms with Gasteiger partial charge < -0.3 is 10.1 Å². The third-order valence-corrected chi connectivity index (χ3v) is 6.26. The van der Waals surface area contributed by atoms with E-state index in [1.165, 1.54) is 10.9 Å². The molecule has 0 bridgehead atoms. The number of hydrogen-bond donors (Lipinski definition) is 2. The van der Waals surface area contributed by atoms with Crippen molar-refractivity contribution in [2.24, 2.45) is 5.14 Å². The number of piperidine rings is 1. The van der Waals surface area contributed by atoms with E-state index >= 15 is 0 Å². The minimum absolute atomic E-state index is 0.0301. The molecule has 0 saturated carbocycles. The molecular formula is C20H24N6O3S. The fraction of sp³-hybridized carbons (Fsp3) is 0.350. The maximum atomic E-state index is 12.3. The first kappa shape index (κ1) is 20.5. The largest absolute Gasteiger partial charge is 0.497 e. The minimum atomic E-state index is -3.95. The molecule has 3 aromatic rings. The Kier molecular flexibility index (Phi) is 5.80. The Labute approximate surface area is 175 Å². The predicted molar refractivity (Wildman–Crippen MR) is 112 cm³/mol. The van der Waals surface area contributed by atoms with Crippen LogP contribution in [-0.4, -0.2) is 48.8 Å². The van der Waals surface area contributed by atoms with Gasteiger partial charge in [-0.15, -0.1) is 10.2 Å². The fourth-order valence-corrected chi connectivity index (χ4v) is 4.56. The second kappa shape index (κ2) is 8.50. The van der Waals surface area contributed by atoms with Gasteiger partial charge in [0.2, 0.25) is 15.8 Å². The van der Waals surface area contributed by atoms with Gasteiger partial charge in [0.15, 0.2) is 0 Å². The van der Waals surface area contributed by atoms with Crippen LogP contribution in [0.4, 0.5) is 0 Å². The molecule has 4 rings (SSSR count). The normalized spacial score (nSPS) is 15.3. The highest BCUT2D eigenvalue weighted by Gasteiger charge is 2.27. The van der Waals surface area contributed by atoms with Gasteiger partial charge in [0.25, 0.3) is 0 Å². The molecule has 1 saturated heterocycles. The van der Waals surface area contributed by atoms with E-state index in [0.29, 0.717) is 12.1 Å². The zero-order chi connectivity index (χ0) is 21.1. The molecule has 1 fully saturated rings. The van der Waals surface area contributed by atoms with Crippen LogP contribution in [0.15, 0.2) is 47.4 Å². The van der Waals surface area contributed by atoms with Crippen LogP contribution in [0, 0.1) is 0 Å². The lowest BCUT2D eigenvalue weighted by Gasteiger charge is -2.25. The first-order valence-electron chi connectivity index (χ1n) is 9.73. The van der Waals surface area contributed by atoms with E-state index in [1.54, 1.807) is 13.2 Å². The van der Waals surface area contributed by atoms with Crippen LogP contribution in [-0.2, 0) is 16.6 Å². The highest BCUT2D eigenvalue weighted by atomic mass is 32.2. The van der Waals surface area contributed by atoms with Crippen molar-refractivity contribution in [3.05, 3.63) is 53.6 Å². The quantitative estimate of drug-likeness (QED) is 0.610. The SMILES string of the molecule is COc1ccc(Cn2nnc(-c3c(C4CCNCC4)cccc3S(N)(=O)=O)n2)cc1. The van der Waals surface area contributed by atoms with Crippen LogP contribution in [0.5, 0.6) is 5.75 Å². The monoisotopic (exact) mass is 428 g/mol. The summed E-state index contributed by atoms with van der Waals surface area (Å²) in [5.41, 5.74) is 2.32. The molecule has 9 nitrogen and oxygen atoms in total. The summed E-state index contributed by atoms with van der Waals surface area (Å²) in [7, 11) is -2.33. The Balaban J connectivity index is 1.72. The number of tetrazole rings is 1. The molecule has 0 amide bonds. The van der Waals surface area contributed by atoms with Gasteiger partial charge in [0.05, 0.1) is 18.6 Å².